The van der Waals surface area contributed by atoms with E-state index in [1.807, 2.05) is 43.3 Å². The number of ether oxygens (including phenoxy) is 2. The molecule has 0 spiro atoms. The van der Waals surface area contributed by atoms with E-state index in [0.29, 0.717) is 30.2 Å². The zero-order valence-electron chi connectivity index (χ0n) is 19.2. The molecule has 0 saturated carbocycles. The van der Waals surface area contributed by atoms with Crippen molar-refractivity contribution >= 4 is 5.91 Å². The van der Waals surface area contributed by atoms with E-state index < -0.39 is 0 Å². The molecule has 6 heteroatoms. The highest BCUT2D eigenvalue weighted by Crippen LogP contribution is 2.38. The van der Waals surface area contributed by atoms with Crippen molar-refractivity contribution in [2.75, 3.05) is 27.3 Å². The third-order valence-corrected chi connectivity index (χ3v) is 6.18. The fourth-order valence-corrected chi connectivity index (χ4v) is 4.33. The molecule has 33 heavy (non-hydrogen) atoms. The lowest BCUT2D eigenvalue weighted by molar-refractivity contribution is 0.0925. The van der Waals surface area contributed by atoms with E-state index in [-0.39, 0.29) is 17.8 Å². The van der Waals surface area contributed by atoms with Crippen LogP contribution >= 0.6 is 0 Å². The van der Waals surface area contributed by atoms with Crippen molar-refractivity contribution in [2.24, 2.45) is 0 Å². The number of halogens is 1. The molecule has 0 saturated heterocycles. The Morgan fingerprint density at radius 3 is 2.36 bits per heavy atom. The molecule has 0 radical (unpaired) electrons. The van der Waals surface area contributed by atoms with E-state index in [1.54, 1.807) is 26.4 Å². The molecular weight excluding hydrogens is 419 g/mol. The minimum atomic E-state index is -0.249. The Hall–Kier alpha value is -3.38. The van der Waals surface area contributed by atoms with E-state index in [0.717, 1.165) is 29.7 Å². The van der Waals surface area contributed by atoms with Crippen molar-refractivity contribution in [3.05, 3.63) is 94.3 Å². The van der Waals surface area contributed by atoms with Crippen molar-refractivity contribution in [3.8, 4) is 11.5 Å². The van der Waals surface area contributed by atoms with Crippen LogP contribution in [-0.4, -0.2) is 38.1 Å². The minimum absolute atomic E-state index is 0.0620. The first-order valence-corrected chi connectivity index (χ1v) is 11.1. The number of hydrogen-bond acceptors (Lipinski definition) is 4. The SMILES string of the molecule is COc1cc2c(cc1OC)[C@@H](CNC(=O)c1ccc(C)cc1)N(Cc1ccc(F)cc1)CC2. The first-order valence-electron chi connectivity index (χ1n) is 11.1. The second-order valence-corrected chi connectivity index (χ2v) is 8.34. The summed E-state index contributed by atoms with van der Waals surface area (Å²) in [6.07, 6.45) is 0.847. The van der Waals surface area contributed by atoms with Gasteiger partial charge in [-0.25, -0.2) is 4.39 Å². The number of fused-ring (bicyclic) bond motifs is 1. The lowest BCUT2D eigenvalue weighted by Crippen LogP contribution is -2.41. The van der Waals surface area contributed by atoms with Crippen LogP contribution in [0.5, 0.6) is 11.5 Å². The number of carbonyl (C=O) groups excluding carboxylic acids is 1. The summed E-state index contributed by atoms with van der Waals surface area (Å²) in [5, 5.41) is 3.11. The molecule has 0 unspecified atom stereocenters. The Bertz CT molecular complexity index is 1110. The predicted molar refractivity (Wildman–Crippen MR) is 126 cm³/mol. The van der Waals surface area contributed by atoms with Gasteiger partial charge >= 0.3 is 0 Å². The molecule has 1 N–H and O–H groups in total. The van der Waals surface area contributed by atoms with E-state index in [4.69, 9.17) is 9.47 Å². The largest absolute Gasteiger partial charge is 0.493 e. The first-order chi connectivity index (χ1) is 16.0. The fraction of sp³-hybridized carbons (Fsp3) is 0.296. The summed E-state index contributed by atoms with van der Waals surface area (Å²) < 4.78 is 24.4. The van der Waals surface area contributed by atoms with Gasteiger partial charge in [-0.3, -0.25) is 9.69 Å². The van der Waals surface area contributed by atoms with Crippen LogP contribution in [0, 0.1) is 12.7 Å². The van der Waals surface area contributed by atoms with Crippen LogP contribution < -0.4 is 14.8 Å². The van der Waals surface area contributed by atoms with Gasteiger partial charge in [-0.1, -0.05) is 29.8 Å². The Morgan fingerprint density at radius 1 is 1.03 bits per heavy atom. The molecular formula is C27H29FN2O3. The molecule has 3 aromatic carbocycles. The molecule has 1 aliphatic rings. The molecule has 172 valence electrons. The van der Waals surface area contributed by atoms with Crippen molar-refractivity contribution in [1.82, 2.24) is 10.2 Å². The molecule has 0 aliphatic carbocycles. The van der Waals surface area contributed by atoms with Crippen LogP contribution in [0.4, 0.5) is 4.39 Å². The first kappa shape index (κ1) is 22.8. The number of benzene rings is 3. The quantitative estimate of drug-likeness (QED) is 0.570. The molecule has 4 rings (SSSR count). The maximum atomic E-state index is 13.4. The standard InChI is InChI=1S/C27H29FN2O3/c1-18-4-8-20(9-5-18)27(31)29-16-24-23-15-26(33-3)25(32-2)14-21(23)12-13-30(24)17-19-6-10-22(28)11-7-19/h4-11,14-15,24H,12-13,16-17H2,1-3H3,(H,29,31)/t24-/m1/s1. The summed E-state index contributed by atoms with van der Waals surface area (Å²) in [6, 6.07) is 18.1. The predicted octanol–water partition coefficient (Wildman–Crippen LogP) is 4.68. The average Bonchev–Trinajstić information content (AvgIpc) is 2.84. The number of rotatable bonds is 7. The summed E-state index contributed by atoms with van der Waals surface area (Å²) in [6.45, 7) is 3.90. The maximum absolute atomic E-state index is 13.4. The molecule has 1 heterocycles. The van der Waals surface area contributed by atoms with Gasteiger partial charge in [0.1, 0.15) is 5.82 Å². The molecule has 3 aromatic rings. The summed E-state index contributed by atoms with van der Waals surface area (Å²) in [5.41, 5.74) is 5.05. The molecule has 5 nitrogen and oxygen atoms in total. The van der Waals surface area contributed by atoms with E-state index >= 15 is 0 Å². The average molecular weight is 449 g/mol. The van der Waals surface area contributed by atoms with Crippen LogP contribution in [0.15, 0.2) is 60.7 Å². The van der Waals surface area contributed by atoms with Crippen molar-refractivity contribution in [3.63, 3.8) is 0 Å². The smallest absolute Gasteiger partial charge is 0.251 e. The second-order valence-electron chi connectivity index (χ2n) is 8.34. The van der Waals surface area contributed by atoms with Crippen LogP contribution in [-0.2, 0) is 13.0 Å². The zero-order chi connectivity index (χ0) is 23.4. The van der Waals surface area contributed by atoms with E-state index in [1.165, 1.54) is 17.7 Å². The van der Waals surface area contributed by atoms with Gasteiger partial charge in [0.05, 0.1) is 20.3 Å². The fourth-order valence-electron chi connectivity index (χ4n) is 4.33. The molecule has 0 fully saturated rings. The van der Waals surface area contributed by atoms with Gasteiger partial charge in [-0.15, -0.1) is 0 Å². The highest BCUT2D eigenvalue weighted by Gasteiger charge is 2.29. The van der Waals surface area contributed by atoms with Crippen LogP contribution in [0.3, 0.4) is 0 Å². The number of aryl methyl sites for hydroxylation is 1. The highest BCUT2D eigenvalue weighted by molar-refractivity contribution is 5.94. The van der Waals surface area contributed by atoms with Gasteiger partial charge in [0.15, 0.2) is 11.5 Å². The van der Waals surface area contributed by atoms with Gasteiger partial charge in [-0.2, -0.15) is 0 Å². The normalized spacial score (nSPS) is 15.6. The van der Waals surface area contributed by atoms with Crippen molar-refractivity contribution in [1.29, 1.82) is 0 Å². The Labute approximate surface area is 194 Å². The van der Waals surface area contributed by atoms with Gasteiger partial charge in [-0.05, 0) is 66.4 Å². The zero-order valence-corrected chi connectivity index (χ0v) is 19.2. The Morgan fingerprint density at radius 2 is 1.70 bits per heavy atom. The Kier molecular flexibility index (Phi) is 6.94. The third kappa shape index (κ3) is 5.17. The lowest BCUT2D eigenvalue weighted by atomic mass is 9.91. The number of carbonyl (C=O) groups is 1. The van der Waals surface area contributed by atoms with Crippen molar-refractivity contribution in [2.45, 2.75) is 25.9 Å². The summed E-state index contributed by atoms with van der Waals surface area (Å²) in [4.78, 5) is 15.1. The Balaban J connectivity index is 1.62. The van der Waals surface area contributed by atoms with Crippen LogP contribution in [0.2, 0.25) is 0 Å². The number of nitrogens with zero attached hydrogens (tertiary/aromatic N) is 1. The topological polar surface area (TPSA) is 50.8 Å². The highest BCUT2D eigenvalue weighted by atomic mass is 19.1. The van der Waals surface area contributed by atoms with Crippen LogP contribution in [0.25, 0.3) is 0 Å². The van der Waals surface area contributed by atoms with Gasteiger partial charge in [0.2, 0.25) is 0 Å². The van der Waals surface area contributed by atoms with E-state index in [9.17, 15) is 9.18 Å². The summed E-state index contributed by atoms with van der Waals surface area (Å²) in [7, 11) is 3.25. The monoisotopic (exact) mass is 448 g/mol. The molecule has 1 atom stereocenters. The lowest BCUT2D eigenvalue weighted by Gasteiger charge is -2.38. The summed E-state index contributed by atoms with van der Waals surface area (Å²) >= 11 is 0. The van der Waals surface area contributed by atoms with E-state index in [2.05, 4.69) is 10.2 Å². The van der Waals surface area contributed by atoms with Gasteiger partial charge < -0.3 is 14.8 Å². The number of methoxy groups -OCH3 is 2. The summed E-state index contributed by atoms with van der Waals surface area (Å²) in [5.74, 6) is 1.01. The van der Waals surface area contributed by atoms with Crippen molar-refractivity contribution < 1.29 is 18.7 Å². The molecule has 1 amide bonds. The van der Waals surface area contributed by atoms with Crippen LogP contribution in [0.1, 0.15) is 38.7 Å². The van der Waals surface area contributed by atoms with Gasteiger partial charge in [0, 0.05) is 25.2 Å². The molecule has 0 bridgehead atoms. The number of hydrogen-bond donors (Lipinski definition) is 1. The maximum Gasteiger partial charge on any atom is 0.251 e. The second kappa shape index (κ2) is 10.0. The van der Waals surface area contributed by atoms with Gasteiger partial charge in [0.25, 0.3) is 5.91 Å². The molecule has 0 aromatic heterocycles. The number of amides is 1. The minimum Gasteiger partial charge on any atom is -0.493 e. The molecule has 1 aliphatic heterocycles. The number of nitrogens with one attached hydrogen (secondary N) is 1. The third-order valence-electron chi connectivity index (χ3n) is 6.18.